The van der Waals surface area contributed by atoms with Gasteiger partial charge in [0.25, 0.3) is 0 Å². The molecule has 0 aliphatic carbocycles. The van der Waals surface area contributed by atoms with E-state index in [0.29, 0.717) is 67.0 Å². The lowest BCUT2D eigenvalue weighted by atomic mass is 10.1. The predicted molar refractivity (Wildman–Crippen MR) is 145 cm³/mol. The van der Waals surface area contributed by atoms with Gasteiger partial charge in [0.2, 0.25) is 11.5 Å². The van der Waals surface area contributed by atoms with Crippen LogP contribution in [0.2, 0.25) is 0 Å². The molecule has 3 rings (SSSR count). The van der Waals surface area contributed by atoms with Crippen molar-refractivity contribution in [3.63, 3.8) is 0 Å². The molecule has 2 aromatic rings. The highest BCUT2D eigenvalue weighted by Gasteiger charge is 2.30. The molecule has 0 bridgehead atoms. The predicted octanol–water partition coefficient (Wildman–Crippen LogP) is 3.76. The topological polar surface area (TPSA) is 114 Å². The highest BCUT2D eigenvalue weighted by Crippen LogP contribution is 2.39. The fraction of sp³-hybridized carbons (Fsp3) is 0.500. The van der Waals surface area contributed by atoms with Crippen molar-refractivity contribution in [3.05, 3.63) is 35.4 Å². The van der Waals surface area contributed by atoms with Gasteiger partial charge in [-0.1, -0.05) is 12.1 Å². The quantitative estimate of drug-likeness (QED) is 0.351. The molecule has 0 radical (unpaired) electrons. The summed E-state index contributed by atoms with van der Waals surface area (Å²) in [6.07, 6.45) is 1.54. The van der Waals surface area contributed by atoms with Gasteiger partial charge in [0.05, 0.1) is 66.9 Å². The number of ether oxygens (including phenoxy) is 7. The SMILES string of the molecule is CCCN1CC(OC(=O)c2cc(OC)c(OC)c(OC)c2)CCCN1OC(=O)c1cc(OC)c(OC)c(OC)c1. The van der Waals surface area contributed by atoms with Crippen LogP contribution in [0.1, 0.15) is 46.9 Å². The van der Waals surface area contributed by atoms with Gasteiger partial charge in [-0.3, -0.25) is 0 Å². The van der Waals surface area contributed by atoms with Crippen LogP contribution in [0.25, 0.3) is 0 Å². The van der Waals surface area contributed by atoms with Crippen LogP contribution in [0.15, 0.2) is 24.3 Å². The molecule has 1 aliphatic heterocycles. The maximum Gasteiger partial charge on any atom is 0.358 e. The summed E-state index contributed by atoms with van der Waals surface area (Å²) >= 11 is 0. The molecular formula is C28H38N2O10. The number of methoxy groups -OCH3 is 6. The van der Waals surface area contributed by atoms with Gasteiger partial charge in [-0.05, 0) is 43.5 Å². The molecule has 1 fully saturated rings. The van der Waals surface area contributed by atoms with Crippen molar-refractivity contribution in [2.45, 2.75) is 32.3 Å². The van der Waals surface area contributed by atoms with E-state index in [0.717, 1.165) is 6.42 Å². The molecule has 0 amide bonds. The van der Waals surface area contributed by atoms with Crippen molar-refractivity contribution in [3.8, 4) is 34.5 Å². The minimum Gasteiger partial charge on any atom is -0.493 e. The third-order valence-electron chi connectivity index (χ3n) is 6.35. The van der Waals surface area contributed by atoms with E-state index in [1.54, 1.807) is 12.1 Å². The maximum atomic E-state index is 13.2. The largest absolute Gasteiger partial charge is 0.493 e. The van der Waals surface area contributed by atoms with Crippen molar-refractivity contribution in [2.24, 2.45) is 0 Å². The minimum absolute atomic E-state index is 0.237. The van der Waals surface area contributed by atoms with Gasteiger partial charge in [-0.2, -0.15) is 0 Å². The van der Waals surface area contributed by atoms with Gasteiger partial charge in [-0.25, -0.2) is 14.6 Å². The number of hydroxylamine groups is 1. The van der Waals surface area contributed by atoms with Crippen LogP contribution in [0, 0.1) is 0 Å². The fourth-order valence-corrected chi connectivity index (χ4v) is 4.44. The van der Waals surface area contributed by atoms with Crippen LogP contribution >= 0.6 is 0 Å². The second-order valence-corrected chi connectivity index (χ2v) is 8.86. The van der Waals surface area contributed by atoms with Crippen LogP contribution in [-0.2, 0) is 9.57 Å². The van der Waals surface area contributed by atoms with Crippen molar-refractivity contribution < 1.29 is 47.6 Å². The number of rotatable bonds is 12. The lowest BCUT2D eigenvalue weighted by Gasteiger charge is -2.32. The van der Waals surface area contributed by atoms with E-state index in [-0.39, 0.29) is 11.1 Å². The Bertz CT molecular complexity index is 1120. The molecule has 220 valence electrons. The van der Waals surface area contributed by atoms with Crippen LogP contribution in [0.5, 0.6) is 34.5 Å². The Morgan fingerprint density at radius 1 is 0.750 bits per heavy atom. The van der Waals surface area contributed by atoms with Crippen molar-refractivity contribution >= 4 is 11.9 Å². The third-order valence-corrected chi connectivity index (χ3v) is 6.35. The van der Waals surface area contributed by atoms with E-state index in [9.17, 15) is 9.59 Å². The Morgan fingerprint density at radius 2 is 1.23 bits per heavy atom. The normalized spacial score (nSPS) is 15.9. The van der Waals surface area contributed by atoms with Gasteiger partial charge in [0, 0.05) is 6.54 Å². The summed E-state index contributed by atoms with van der Waals surface area (Å²) < 4.78 is 38.0. The molecule has 0 spiro atoms. The molecule has 0 aromatic heterocycles. The molecule has 1 atom stereocenters. The Kier molecular flexibility index (Phi) is 11.1. The Balaban J connectivity index is 1.76. The van der Waals surface area contributed by atoms with E-state index in [2.05, 4.69) is 0 Å². The van der Waals surface area contributed by atoms with E-state index < -0.39 is 18.0 Å². The van der Waals surface area contributed by atoms with Crippen molar-refractivity contribution in [2.75, 3.05) is 62.3 Å². The van der Waals surface area contributed by atoms with E-state index in [4.69, 9.17) is 38.0 Å². The van der Waals surface area contributed by atoms with Gasteiger partial charge < -0.3 is 38.0 Å². The van der Waals surface area contributed by atoms with E-state index in [1.165, 1.54) is 60.0 Å². The zero-order valence-electron chi connectivity index (χ0n) is 24.1. The lowest BCUT2D eigenvalue weighted by Crippen LogP contribution is -2.46. The first-order chi connectivity index (χ1) is 19.3. The average molecular weight is 563 g/mol. The summed E-state index contributed by atoms with van der Waals surface area (Å²) in [5.41, 5.74) is 0.507. The molecule has 1 heterocycles. The summed E-state index contributed by atoms with van der Waals surface area (Å²) in [6.45, 7) is 3.36. The molecule has 2 aromatic carbocycles. The first-order valence-electron chi connectivity index (χ1n) is 12.9. The van der Waals surface area contributed by atoms with E-state index in [1.807, 2.05) is 11.9 Å². The molecule has 1 saturated heterocycles. The summed E-state index contributed by atoms with van der Waals surface area (Å²) in [4.78, 5) is 32.1. The van der Waals surface area contributed by atoms with Gasteiger partial charge in [0.1, 0.15) is 6.10 Å². The Labute approximate surface area is 234 Å². The second kappa shape index (κ2) is 14.5. The van der Waals surface area contributed by atoms with Gasteiger partial charge in [0.15, 0.2) is 23.0 Å². The standard InChI is InChI=1S/C28H38N2O10/c1-8-11-29-17-20(39-27(31)18-13-21(33-2)25(37-6)22(14-18)34-3)10-9-12-30(29)40-28(32)19-15-23(35-4)26(38-7)24(16-19)36-5/h13-16,20H,8-12,17H2,1-7H3. The van der Waals surface area contributed by atoms with Crippen molar-refractivity contribution in [1.29, 1.82) is 0 Å². The summed E-state index contributed by atoms with van der Waals surface area (Å²) in [5.74, 6) is 1.04. The number of carbonyl (C=O) groups is 2. The van der Waals surface area contributed by atoms with Crippen molar-refractivity contribution in [1.82, 2.24) is 10.2 Å². The number of esters is 1. The number of hydrogen-bond acceptors (Lipinski definition) is 12. The van der Waals surface area contributed by atoms with Crippen LogP contribution in [0.4, 0.5) is 0 Å². The first-order valence-corrected chi connectivity index (χ1v) is 12.9. The zero-order chi connectivity index (χ0) is 29.2. The Hall–Kier alpha value is -3.90. The third kappa shape index (κ3) is 6.99. The summed E-state index contributed by atoms with van der Waals surface area (Å²) in [7, 11) is 8.89. The smallest absolute Gasteiger partial charge is 0.358 e. The van der Waals surface area contributed by atoms with Crippen LogP contribution in [0.3, 0.4) is 0 Å². The Morgan fingerprint density at radius 3 is 1.65 bits per heavy atom. The number of benzene rings is 2. The molecule has 0 saturated carbocycles. The maximum absolute atomic E-state index is 13.2. The summed E-state index contributed by atoms with van der Waals surface area (Å²) in [6, 6.07) is 6.17. The molecular weight excluding hydrogens is 524 g/mol. The molecule has 0 N–H and O–H groups in total. The highest BCUT2D eigenvalue weighted by atomic mass is 16.7. The molecule has 1 unspecified atom stereocenters. The number of carbonyl (C=O) groups excluding carboxylic acids is 2. The minimum atomic E-state index is -0.590. The average Bonchev–Trinajstić information content (AvgIpc) is 3.16. The second-order valence-electron chi connectivity index (χ2n) is 8.86. The molecule has 40 heavy (non-hydrogen) atoms. The van der Waals surface area contributed by atoms with E-state index >= 15 is 0 Å². The summed E-state index contributed by atoms with van der Waals surface area (Å²) in [5, 5.41) is 3.40. The van der Waals surface area contributed by atoms with Crippen LogP contribution < -0.4 is 28.4 Å². The zero-order valence-corrected chi connectivity index (χ0v) is 24.1. The number of hydrazine groups is 1. The number of nitrogens with zero attached hydrogens (tertiary/aromatic N) is 2. The fourth-order valence-electron chi connectivity index (χ4n) is 4.44. The molecule has 1 aliphatic rings. The monoisotopic (exact) mass is 562 g/mol. The van der Waals surface area contributed by atoms with Gasteiger partial charge in [-0.15, -0.1) is 0 Å². The number of hydrogen-bond donors (Lipinski definition) is 0. The molecule has 12 nitrogen and oxygen atoms in total. The lowest BCUT2D eigenvalue weighted by molar-refractivity contribution is -0.244. The first kappa shape index (κ1) is 30.6. The van der Waals surface area contributed by atoms with Crippen LogP contribution in [-0.4, -0.2) is 90.5 Å². The van der Waals surface area contributed by atoms with Gasteiger partial charge >= 0.3 is 11.9 Å². The molecule has 12 heteroatoms. The highest BCUT2D eigenvalue weighted by molar-refractivity contribution is 5.92.